The number of nitrogens with zero attached hydrogens (tertiary/aromatic N) is 1. The van der Waals surface area contributed by atoms with Gasteiger partial charge in [0.1, 0.15) is 5.76 Å². The van der Waals surface area contributed by atoms with Gasteiger partial charge in [-0.05, 0) is 31.7 Å². The number of amides is 1. The van der Waals surface area contributed by atoms with Crippen molar-refractivity contribution in [2.24, 2.45) is 11.8 Å². The lowest BCUT2D eigenvalue weighted by Crippen LogP contribution is -2.30. The van der Waals surface area contributed by atoms with Crippen LogP contribution in [0.1, 0.15) is 48.6 Å². The quantitative estimate of drug-likeness (QED) is 0.467. The van der Waals surface area contributed by atoms with E-state index in [-0.39, 0.29) is 11.7 Å². The Morgan fingerprint density at radius 3 is 2.79 bits per heavy atom. The molecule has 1 aromatic heterocycles. The van der Waals surface area contributed by atoms with Crippen LogP contribution in [0.15, 0.2) is 10.5 Å². The topological polar surface area (TPSA) is 71.5 Å². The molecule has 1 aliphatic rings. The summed E-state index contributed by atoms with van der Waals surface area (Å²) in [6.45, 7) is 8.27. The summed E-state index contributed by atoms with van der Waals surface area (Å²) in [6.07, 6.45) is 2.56. The number of carbonyl (C=O) groups is 1. The fraction of sp³-hybridized carbons (Fsp3) is 0.643. The molecule has 1 heterocycles. The lowest BCUT2D eigenvalue weighted by molar-refractivity contribution is 0.0924. The summed E-state index contributed by atoms with van der Waals surface area (Å²) in [5.41, 5.74) is 3.17. The summed E-state index contributed by atoms with van der Waals surface area (Å²) in [5, 5.41) is 0. The Kier molecular flexibility index (Phi) is 4.27. The molecule has 3 N–H and O–H groups in total. The van der Waals surface area contributed by atoms with E-state index >= 15 is 0 Å². The maximum Gasteiger partial charge on any atom is 0.300 e. The Morgan fingerprint density at radius 2 is 2.26 bits per heavy atom. The number of carbonyl (C=O) groups excluding carboxylic acids is 1. The Morgan fingerprint density at radius 1 is 1.58 bits per heavy atom. The number of aryl methyl sites for hydroxylation is 1. The van der Waals surface area contributed by atoms with Crippen molar-refractivity contribution in [3.05, 3.63) is 23.2 Å². The normalized spacial score (nSPS) is 15.3. The van der Waals surface area contributed by atoms with Crippen LogP contribution in [0.4, 0.5) is 0 Å². The Balaban J connectivity index is 2.08. The van der Waals surface area contributed by atoms with Crippen LogP contribution in [0.2, 0.25) is 0 Å². The predicted octanol–water partition coefficient (Wildman–Crippen LogP) is 1.81. The van der Waals surface area contributed by atoms with Crippen LogP contribution in [0.3, 0.4) is 0 Å². The van der Waals surface area contributed by atoms with Crippen LogP contribution in [0.5, 0.6) is 0 Å². The van der Waals surface area contributed by atoms with Gasteiger partial charge >= 0.3 is 5.91 Å². The van der Waals surface area contributed by atoms with Crippen molar-refractivity contribution in [1.82, 2.24) is 10.3 Å². The van der Waals surface area contributed by atoms with Crippen molar-refractivity contribution in [2.45, 2.75) is 46.2 Å². The zero-order valence-corrected chi connectivity index (χ0v) is 11.9. The number of hydrogen-bond acceptors (Lipinski definition) is 4. The average molecular weight is 265 g/mol. The molecule has 0 unspecified atom stereocenters. The maximum absolute atomic E-state index is 11.4. The van der Waals surface area contributed by atoms with Crippen LogP contribution in [0, 0.1) is 12.8 Å². The number of furan rings is 1. The van der Waals surface area contributed by atoms with Crippen molar-refractivity contribution in [2.75, 3.05) is 6.54 Å². The van der Waals surface area contributed by atoms with E-state index in [1.165, 1.54) is 12.8 Å². The second-order valence-corrected chi connectivity index (χ2v) is 5.72. The Labute approximate surface area is 114 Å². The largest absolute Gasteiger partial charge is 0.456 e. The SMILES string of the molecule is Cc1oc(C(=O)NN)cc1CN(CC(C)C)C1CC1. The van der Waals surface area contributed by atoms with E-state index in [9.17, 15) is 4.79 Å². The molecule has 0 spiro atoms. The lowest BCUT2D eigenvalue weighted by atomic mass is 10.1. The van der Waals surface area contributed by atoms with Gasteiger partial charge in [0.2, 0.25) is 0 Å². The molecule has 2 rings (SSSR count). The van der Waals surface area contributed by atoms with Crippen molar-refractivity contribution in [1.29, 1.82) is 0 Å². The highest BCUT2D eigenvalue weighted by Gasteiger charge is 2.30. The third kappa shape index (κ3) is 3.58. The van der Waals surface area contributed by atoms with Gasteiger partial charge in [-0.15, -0.1) is 0 Å². The van der Waals surface area contributed by atoms with Crippen molar-refractivity contribution in [3.8, 4) is 0 Å². The molecule has 1 aromatic rings. The maximum atomic E-state index is 11.4. The highest BCUT2D eigenvalue weighted by Crippen LogP contribution is 2.30. The third-order valence-electron chi connectivity index (χ3n) is 3.41. The molecule has 0 saturated heterocycles. The van der Waals surface area contributed by atoms with E-state index in [4.69, 9.17) is 10.3 Å². The van der Waals surface area contributed by atoms with Gasteiger partial charge < -0.3 is 4.42 Å². The van der Waals surface area contributed by atoms with Crippen LogP contribution in [0.25, 0.3) is 0 Å². The molecule has 1 fully saturated rings. The molecular formula is C14H23N3O2. The van der Waals surface area contributed by atoms with Crippen molar-refractivity contribution < 1.29 is 9.21 Å². The second-order valence-electron chi connectivity index (χ2n) is 5.72. The summed E-state index contributed by atoms with van der Waals surface area (Å²) >= 11 is 0. The molecule has 1 aliphatic carbocycles. The third-order valence-corrected chi connectivity index (χ3v) is 3.41. The van der Waals surface area contributed by atoms with Crippen LogP contribution < -0.4 is 11.3 Å². The van der Waals surface area contributed by atoms with Gasteiger partial charge in [-0.3, -0.25) is 15.1 Å². The molecule has 0 aliphatic heterocycles. The molecule has 5 heteroatoms. The van der Waals surface area contributed by atoms with E-state index in [1.54, 1.807) is 6.07 Å². The predicted molar refractivity (Wildman–Crippen MR) is 73.4 cm³/mol. The zero-order chi connectivity index (χ0) is 14.0. The van der Waals surface area contributed by atoms with Gasteiger partial charge in [0, 0.05) is 24.7 Å². The number of hydrogen-bond donors (Lipinski definition) is 2. The van der Waals surface area contributed by atoms with E-state index in [1.807, 2.05) is 6.92 Å². The molecule has 0 atom stereocenters. The van der Waals surface area contributed by atoms with Gasteiger partial charge in [-0.25, -0.2) is 5.84 Å². The number of nitrogens with two attached hydrogens (primary N) is 1. The number of rotatable bonds is 6. The van der Waals surface area contributed by atoms with Crippen LogP contribution in [-0.2, 0) is 6.54 Å². The Bertz CT molecular complexity index is 450. The fourth-order valence-electron chi connectivity index (χ4n) is 2.33. The monoisotopic (exact) mass is 265 g/mol. The first kappa shape index (κ1) is 14.1. The average Bonchev–Trinajstić information content (AvgIpc) is 3.13. The van der Waals surface area contributed by atoms with Gasteiger partial charge in [0.15, 0.2) is 5.76 Å². The van der Waals surface area contributed by atoms with E-state index in [2.05, 4.69) is 24.2 Å². The minimum Gasteiger partial charge on any atom is -0.456 e. The van der Waals surface area contributed by atoms with Gasteiger partial charge in [0.25, 0.3) is 0 Å². The zero-order valence-electron chi connectivity index (χ0n) is 11.9. The fourth-order valence-corrected chi connectivity index (χ4v) is 2.33. The number of nitrogen functional groups attached to an aromatic ring is 1. The molecule has 5 nitrogen and oxygen atoms in total. The van der Waals surface area contributed by atoms with Crippen molar-refractivity contribution in [3.63, 3.8) is 0 Å². The first-order chi connectivity index (χ1) is 9.01. The van der Waals surface area contributed by atoms with Gasteiger partial charge in [-0.1, -0.05) is 13.8 Å². The molecule has 0 radical (unpaired) electrons. The van der Waals surface area contributed by atoms with Gasteiger partial charge in [0.05, 0.1) is 0 Å². The first-order valence-corrected chi connectivity index (χ1v) is 6.85. The summed E-state index contributed by atoms with van der Waals surface area (Å²) in [7, 11) is 0. The molecule has 0 bridgehead atoms. The number of nitrogens with one attached hydrogen (secondary N) is 1. The van der Waals surface area contributed by atoms with E-state index in [0.29, 0.717) is 12.0 Å². The number of hydrazine groups is 1. The summed E-state index contributed by atoms with van der Waals surface area (Å²) in [6, 6.07) is 2.50. The molecule has 19 heavy (non-hydrogen) atoms. The molecule has 0 aromatic carbocycles. The lowest BCUT2D eigenvalue weighted by Gasteiger charge is -2.23. The van der Waals surface area contributed by atoms with E-state index < -0.39 is 0 Å². The summed E-state index contributed by atoms with van der Waals surface area (Å²) in [4.78, 5) is 13.9. The molecular weight excluding hydrogens is 242 g/mol. The van der Waals surface area contributed by atoms with Crippen LogP contribution in [-0.4, -0.2) is 23.4 Å². The van der Waals surface area contributed by atoms with Crippen molar-refractivity contribution >= 4 is 5.91 Å². The smallest absolute Gasteiger partial charge is 0.300 e. The van der Waals surface area contributed by atoms with Crippen LogP contribution >= 0.6 is 0 Å². The summed E-state index contributed by atoms with van der Waals surface area (Å²) < 4.78 is 5.45. The minimum atomic E-state index is -0.379. The van der Waals surface area contributed by atoms with E-state index in [0.717, 1.165) is 24.4 Å². The highest BCUT2D eigenvalue weighted by atomic mass is 16.4. The molecule has 1 amide bonds. The Hall–Kier alpha value is -1.33. The standard InChI is InChI=1S/C14H23N3O2/c1-9(2)7-17(12-4-5-12)8-11-6-13(14(18)16-15)19-10(11)3/h6,9,12H,4-5,7-8,15H2,1-3H3,(H,16,18). The highest BCUT2D eigenvalue weighted by molar-refractivity contribution is 5.91. The summed E-state index contributed by atoms with van der Waals surface area (Å²) in [5.74, 6) is 6.47. The van der Waals surface area contributed by atoms with Gasteiger partial charge in [-0.2, -0.15) is 0 Å². The minimum absolute atomic E-state index is 0.287. The molecule has 106 valence electrons. The molecule has 1 saturated carbocycles. The first-order valence-electron chi connectivity index (χ1n) is 6.85. The second kappa shape index (κ2) is 5.75.